The number of H-pyrrole nitrogens is 1. The molecule has 0 aliphatic carbocycles. The van der Waals surface area contributed by atoms with Gasteiger partial charge < -0.3 is 9.88 Å². The Balaban J connectivity index is 2.12. The zero-order valence-corrected chi connectivity index (χ0v) is 10.2. The molecule has 0 bridgehead atoms. The fraction of sp³-hybridized carbons (Fsp3) is 0.667. The van der Waals surface area contributed by atoms with Crippen molar-refractivity contribution in [3.8, 4) is 0 Å². The highest BCUT2D eigenvalue weighted by Crippen LogP contribution is 2.34. The van der Waals surface area contributed by atoms with Crippen LogP contribution in [0.5, 0.6) is 0 Å². The van der Waals surface area contributed by atoms with Crippen molar-refractivity contribution in [2.24, 2.45) is 11.3 Å². The van der Waals surface area contributed by atoms with Crippen LogP contribution in [0.15, 0.2) is 17.2 Å². The summed E-state index contributed by atoms with van der Waals surface area (Å²) < 4.78 is 0. The number of aromatic amines is 1. The van der Waals surface area contributed by atoms with Crippen LogP contribution in [0.25, 0.3) is 0 Å². The van der Waals surface area contributed by atoms with Crippen molar-refractivity contribution < 1.29 is 0 Å². The second-order valence-corrected chi connectivity index (χ2v) is 5.57. The molecule has 1 aromatic heterocycles. The van der Waals surface area contributed by atoms with Crippen LogP contribution in [0.2, 0.25) is 0 Å². The largest absolute Gasteiger partial charge is 0.356 e. The number of nitrogens with zero attached hydrogens (tertiary/aromatic N) is 2. The van der Waals surface area contributed by atoms with E-state index >= 15 is 0 Å². The molecule has 1 aliphatic heterocycles. The predicted octanol–water partition coefficient (Wildman–Crippen LogP) is 1.64. The van der Waals surface area contributed by atoms with Crippen LogP contribution in [-0.4, -0.2) is 23.1 Å². The number of hydrogen-bond acceptors (Lipinski definition) is 3. The lowest BCUT2D eigenvalue weighted by Crippen LogP contribution is -2.27. The van der Waals surface area contributed by atoms with E-state index in [1.165, 1.54) is 12.7 Å². The molecule has 1 aliphatic rings. The summed E-state index contributed by atoms with van der Waals surface area (Å²) in [6.07, 6.45) is 2.65. The first-order chi connectivity index (χ1) is 7.47. The third kappa shape index (κ3) is 2.26. The molecule has 1 unspecified atom stereocenters. The van der Waals surface area contributed by atoms with Crippen LogP contribution in [-0.2, 0) is 0 Å². The smallest absolute Gasteiger partial charge is 0.252 e. The monoisotopic (exact) mass is 221 g/mol. The topological polar surface area (TPSA) is 49.0 Å². The molecule has 0 saturated carbocycles. The lowest BCUT2D eigenvalue weighted by molar-refractivity contribution is 0.263. The normalized spacial score (nSPS) is 21.4. The van der Waals surface area contributed by atoms with Crippen LogP contribution in [0.1, 0.15) is 27.2 Å². The first kappa shape index (κ1) is 11.2. The highest BCUT2D eigenvalue weighted by molar-refractivity contribution is 5.37. The number of nitrogens with one attached hydrogen (secondary N) is 1. The maximum atomic E-state index is 11.2. The van der Waals surface area contributed by atoms with Gasteiger partial charge in [0.15, 0.2) is 0 Å². The average Bonchev–Trinajstić information content (AvgIpc) is 2.65. The molecule has 4 heteroatoms. The minimum absolute atomic E-state index is 0.0794. The highest BCUT2D eigenvalue weighted by Gasteiger charge is 2.32. The van der Waals surface area contributed by atoms with Crippen molar-refractivity contribution in [2.45, 2.75) is 27.2 Å². The van der Waals surface area contributed by atoms with Gasteiger partial charge in [-0.3, -0.25) is 4.79 Å². The van der Waals surface area contributed by atoms with Crippen LogP contribution < -0.4 is 10.5 Å². The van der Waals surface area contributed by atoms with E-state index < -0.39 is 0 Å². The molecule has 1 fully saturated rings. The zero-order valence-electron chi connectivity index (χ0n) is 10.2. The Hall–Kier alpha value is -1.32. The molecule has 0 amide bonds. The van der Waals surface area contributed by atoms with E-state index in [2.05, 4.69) is 35.6 Å². The Labute approximate surface area is 95.7 Å². The molecule has 0 spiro atoms. The van der Waals surface area contributed by atoms with Crippen LogP contribution >= 0.6 is 0 Å². The van der Waals surface area contributed by atoms with Gasteiger partial charge in [-0.2, -0.15) is 0 Å². The number of rotatable bonds is 1. The third-order valence-corrected chi connectivity index (χ3v) is 3.40. The summed E-state index contributed by atoms with van der Waals surface area (Å²) in [5, 5.41) is 0. The summed E-state index contributed by atoms with van der Waals surface area (Å²) in [6, 6.07) is 1.57. The van der Waals surface area contributed by atoms with Gasteiger partial charge in [0, 0.05) is 19.2 Å². The zero-order chi connectivity index (χ0) is 11.8. The van der Waals surface area contributed by atoms with Gasteiger partial charge in [0.25, 0.3) is 5.56 Å². The SMILES string of the molecule is CC(C)(C)C1CCN(c2cc(=O)[nH]cn2)C1. The molecule has 16 heavy (non-hydrogen) atoms. The minimum atomic E-state index is -0.0794. The molecule has 0 radical (unpaired) electrons. The van der Waals surface area contributed by atoms with E-state index in [1.54, 1.807) is 6.07 Å². The van der Waals surface area contributed by atoms with Crippen LogP contribution in [0.4, 0.5) is 5.82 Å². The van der Waals surface area contributed by atoms with E-state index in [9.17, 15) is 4.79 Å². The van der Waals surface area contributed by atoms with Gasteiger partial charge in [-0.1, -0.05) is 20.8 Å². The fourth-order valence-corrected chi connectivity index (χ4v) is 2.21. The molecule has 1 N–H and O–H groups in total. The Morgan fingerprint density at radius 1 is 1.50 bits per heavy atom. The van der Waals surface area contributed by atoms with Crippen LogP contribution in [0, 0.1) is 11.3 Å². The minimum Gasteiger partial charge on any atom is -0.356 e. The molecule has 4 nitrogen and oxygen atoms in total. The standard InChI is InChI=1S/C12H19N3O/c1-12(2,3)9-4-5-15(7-9)10-6-11(16)14-8-13-10/h6,8-9H,4-5,7H2,1-3H3,(H,13,14,16). The molecule has 1 atom stereocenters. The average molecular weight is 221 g/mol. The van der Waals surface area contributed by atoms with Gasteiger partial charge in [0.2, 0.25) is 0 Å². The Morgan fingerprint density at radius 3 is 2.81 bits per heavy atom. The maximum Gasteiger partial charge on any atom is 0.252 e. The van der Waals surface area contributed by atoms with Crippen molar-refractivity contribution in [1.82, 2.24) is 9.97 Å². The summed E-state index contributed by atoms with van der Waals surface area (Å²) in [5.41, 5.74) is 0.250. The summed E-state index contributed by atoms with van der Waals surface area (Å²) in [5.74, 6) is 1.48. The maximum absolute atomic E-state index is 11.2. The lowest BCUT2D eigenvalue weighted by atomic mass is 9.80. The molecule has 0 aromatic carbocycles. The van der Waals surface area contributed by atoms with Crippen molar-refractivity contribution in [1.29, 1.82) is 0 Å². The third-order valence-electron chi connectivity index (χ3n) is 3.40. The molecule has 1 aromatic rings. The lowest BCUT2D eigenvalue weighted by Gasteiger charge is -2.27. The Morgan fingerprint density at radius 2 is 2.25 bits per heavy atom. The summed E-state index contributed by atoms with van der Waals surface area (Å²) >= 11 is 0. The Kier molecular flexibility index (Phi) is 2.74. The van der Waals surface area contributed by atoms with Gasteiger partial charge >= 0.3 is 0 Å². The first-order valence-corrected chi connectivity index (χ1v) is 5.76. The van der Waals surface area contributed by atoms with Crippen molar-refractivity contribution in [3.63, 3.8) is 0 Å². The van der Waals surface area contributed by atoms with Gasteiger partial charge in [0.05, 0.1) is 6.33 Å². The summed E-state index contributed by atoms with van der Waals surface area (Å²) in [4.78, 5) is 20.2. The molecule has 2 heterocycles. The van der Waals surface area contributed by atoms with E-state index in [4.69, 9.17) is 0 Å². The predicted molar refractivity (Wildman–Crippen MR) is 64.6 cm³/mol. The highest BCUT2D eigenvalue weighted by atomic mass is 16.1. The molecule has 2 rings (SSSR count). The number of hydrogen-bond donors (Lipinski definition) is 1. The van der Waals surface area contributed by atoms with Crippen molar-refractivity contribution >= 4 is 5.82 Å². The van der Waals surface area contributed by atoms with Crippen LogP contribution in [0.3, 0.4) is 0 Å². The summed E-state index contributed by atoms with van der Waals surface area (Å²) in [7, 11) is 0. The van der Waals surface area contributed by atoms with E-state index in [0.717, 1.165) is 18.9 Å². The quantitative estimate of drug-likeness (QED) is 0.784. The molecule has 1 saturated heterocycles. The second-order valence-electron chi connectivity index (χ2n) is 5.57. The van der Waals surface area contributed by atoms with Gasteiger partial charge in [0.1, 0.15) is 5.82 Å². The fourth-order valence-electron chi connectivity index (χ4n) is 2.21. The van der Waals surface area contributed by atoms with E-state index in [-0.39, 0.29) is 5.56 Å². The summed E-state index contributed by atoms with van der Waals surface area (Å²) in [6.45, 7) is 8.81. The first-order valence-electron chi connectivity index (χ1n) is 5.76. The van der Waals surface area contributed by atoms with Crippen molar-refractivity contribution in [3.05, 3.63) is 22.7 Å². The molecule has 88 valence electrons. The van der Waals surface area contributed by atoms with Crippen molar-refractivity contribution in [2.75, 3.05) is 18.0 Å². The van der Waals surface area contributed by atoms with E-state index in [1.807, 2.05) is 0 Å². The van der Waals surface area contributed by atoms with Gasteiger partial charge in [-0.05, 0) is 17.8 Å². The van der Waals surface area contributed by atoms with Gasteiger partial charge in [-0.25, -0.2) is 4.98 Å². The van der Waals surface area contributed by atoms with Gasteiger partial charge in [-0.15, -0.1) is 0 Å². The number of anilines is 1. The number of aromatic nitrogens is 2. The van der Waals surface area contributed by atoms with E-state index in [0.29, 0.717) is 11.3 Å². The molecular formula is C12H19N3O. The Bertz CT molecular complexity index is 419. The molecular weight excluding hydrogens is 202 g/mol. The second kappa shape index (κ2) is 3.92.